The molecule has 38 heavy (non-hydrogen) atoms. The molecule has 4 aliphatic rings. The van der Waals surface area contributed by atoms with Gasteiger partial charge in [-0.1, -0.05) is 38.1 Å². The van der Waals surface area contributed by atoms with E-state index in [0.29, 0.717) is 17.7 Å². The summed E-state index contributed by atoms with van der Waals surface area (Å²) in [4.78, 5) is 30.6. The van der Waals surface area contributed by atoms with Crippen LogP contribution in [0.25, 0.3) is 0 Å². The molecule has 202 valence electrons. The molecule has 0 radical (unpaired) electrons. The van der Waals surface area contributed by atoms with Crippen LogP contribution in [0.2, 0.25) is 0 Å². The molecule has 2 amide bonds. The Morgan fingerprint density at radius 1 is 1.11 bits per heavy atom. The van der Waals surface area contributed by atoms with E-state index >= 15 is 0 Å². The highest BCUT2D eigenvalue weighted by Crippen LogP contribution is 2.49. The van der Waals surface area contributed by atoms with Crippen molar-refractivity contribution in [3.05, 3.63) is 70.3 Å². The number of likely N-dealkylation sites (tertiary alicyclic amines) is 1. The van der Waals surface area contributed by atoms with E-state index in [0.717, 1.165) is 57.3 Å². The Labute approximate surface area is 224 Å². The lowest BCUT2D eigenvalue weighted by Gasteiger charge is -2.50. The van der Waals surface area contributed by atoms with Crippen molar-refractivity contribution in [2.24, 2.45) is 5.41 Å². The topological polar surface area (TPSA) is 93.1 Å². The Bertz CT molecular complexity index is 1240. The van der Waals surface area contributed by atoms with Crippen LogP contribution in [-0.2, 0) is 18.4 Å². The Morgan fingerprint density at radius 3 is 2.53 bits per heavy atom. The number of piperidine rings is 1. The van der Waals surface area contributed by atoms with Crippen molar-refractivity contribution in [3.8, 4) is 0 Å². The van der Waals surface area contributed by atoms with Crippen molar-refractivity contribution < 1.29 is 19.8 Å². The van der Waals surface area contributed by atoms with Crippen molar-refractivity contribution in [2.75, 3.05) is 26.2 Å². The molecule has 1 aliphatic carbocycles. The summed E-state index contributed by atoms with van der Waals surface area (Å²) in [6, 6.07) is 13.7. The number of amides is 2. The number of β-amino-alcohol motifs (C(OH)–C–C–N with tert-alkyl or cyclic N) is 1. The molecule has 2 aromatic carbocycles. The first-order chi connectivity index (χ1) is 18.1. The van der Waals surface area contributed by atoms with Crippen molar-refractivity contribution in [2.45, 2.75) is 76.2 Å². The summed E-state index contributed by atoms with van der Waals surface area (Å²) in [6.07, 6.45) is 3.51. The van der Waals surface area contributed by atoms with E-state index in [-0.39, 0.29) is 41.3 Å². The van der Waals surface area contributed by atoms with Gasteiger partial charge in [-0.15, -0.1) is 0 Å². The van der Waals surface area contributed by atoms with Crippen molar-refractivity contribution in [1.29, 1.82) is 0 Å². The maximum absolute atomic E-state index is 13.5. The van der Waals surface area contributed by atoms with Gasteiger partial charge < -0.3 is 25.3 Å². The van der Waals surface area contributed by atoms with E-state index in [1.165, 1.54) is 11.1 Å². The molecule has 3 heterocycles. The molecule has 3 N–H and O–H groups in total. The van der Waals surface area contributed by atoms with Crippen LogP contribution in [0.3, 0.4) is 0 Å². The fourth-order valence-corrected chi connectivity index (χ4v) is 7.19. The van der Waals surface area contributed by atoms with Crippen LogP contribution in [0.4, 0.5) is 0 Å². The number of nitrogens with one attached hydrogen (secondary N) is 1. The van der Waals surface area contributed by atoms with Gasteiger partial charge in [0.1, 0.15) is 0 Å². The number of aliphatic hydroxyl groups excluding tert-OH is 2. The summed E-state index contributed by atoms with van der Waals surface area (Å²) in [6.45, 7) is 7.13. The third-order valence-electron chi connectivity index (χ3n) is 9.53. The number of hydrogen-bond acceptors (Lipinski definition) is 5. The lowest BCUT2D eigenvalue weighted by Crippen LogP contribution is -2.54. The van der Waals surface area contributed by atoms with Gasteiger partial charge in [0.15, 0.2) is 0 Å². The Balaban J connectivity index is 1.14. The van der Waals surface area contributed by atoms with Gasteiger partial charge in [0, 0.05) is 55.3 Å². The molecule has 2 atom stereocenters. The van der Waals surface area contributed by atoms with Crippen molar-refractivity contribution in [1.82, 2.24) is 15.1 Å². The number of aliphatic hydroxyl groups is 2. The second-order valence-corrected chi connectivity index (χ2v) is 12.7. The average molecular weight is 518 g/mol. The minimum Gasteiger partial charge on any atom is -0.393 e. The Hall–Kier alpha value is -2.74. The summed E-state index contributed by atoms with van der Waals surface area (Å²) in [5, 5.41) is 24.3. The first-order valence-electron chi connectivity index (χ1n) is 14.0. The van der Waals surface area contributed by atoms with Crippen LogP contribution in [-0.4, -0.2) is 76.3 Å². The number of rotatable bonds is 4. The number of hydrogen-bond donors (Lipinski definition) is 3. The SMILES string of the molecule is CC1(C)CN(C[C@H](O)[C@H]2Cc3ccccc3CN2)C(=O)c2ccc(C(=O)N3CCC4(CC3)CC(O)C4)cc21. The number of carbonyl (C=O) groups is 2. The van der Waals surface area contributed by atoms with E-state index in [1.807, 2.05) is 23.1 Å². The molecule has 2 fully saturated rings. The minimum absolute atomic E-state index is 0.0206. The fourth-order valence-electron chi connectivity index (χ4n) is 7.19. The second kappa shape index (κ2) is 9.47. The minimum atomic E-state index is -0.676. The predicted octanol–water partition coefficient (Wildman–Crippen LogP) is 2.87. The lowest BCUT2D eigenvalue weighted by molar-refractivity contribution is -0.0637. The Kier molecular flexibility index (Phi) is 6.36. The molecule has 6 rings (SSSR count). The summed E-state index contributed by atoms with van der Waals surface area (Å²) < 4.78 is 0. The summed E-state index contributed by atoms with van der Waals surface area (Å²) in [5.74, 6) is -0.0654. The largest absolute Gasteiger partial charge is 0.393 e. The van der Waals surface area contributed by atoms with Gasteiger partial charge in [-0.3, -0.25) is 9.59 Å². The maximum Gasteiger partial charge on any atom is 0.254 e. The molecule has 1 saturated carbocycles. The molecular weight excluding hydrogens is 478 g/mol. The normalized spacial score (nSPS) is 24.9. The average Bonchev–Trinajstić information content (AvgIpc) is 2.90. The molecule has 1 spiro atoms. The van der Waals surface area contributed by atoms with Gasteiger partial charge in [0.2, 0.25) is 0 Å². The number of benzene rings is 2. The van der Waals surface area contributed by atoms with Gasteiger partial charge >= 0.3 is 0 Å². The summed E-state index contributed by atoms with van der Waals surface area (Å²) >= 11 is 0. The fraction of sp³-hybridized carbons (Fsp3) is 0.548. The van der Waals surface area contributed by atoms with Crippen LogP contribution in [0.15, 0.2) is 42.5 Å². The van der Waals surface area contributed by atoms with Crippen LogP contribution in [0, 0.1) is 5.41 Å². The van der Waals surface area contributed by atoms with Crippen LogP contribution < -0.4 is 5.32 Å². The zero-order valence-corrected chi connectivity index (χ0v) is 22.4. The molecule has 0 bridgehead atoms. The molecule has 2 aromatic rings. The standard InChI is InChI=1S/C31H39N3O4/c1-30(2)19-34(18-27(36)26-14-20-5-3-4-6-22(20)17-32-26)29(38)24-8-7-21(13-25(24)30)28(37)33-11-9-31(10-12-33)15-23(35)16-31/h3-8,13,23,26-27,32,35-36H,9-12,14-19H2,1-2H3/t26-,27+/m1/s1. The molecule has 3 aliphatic heterocycles. The van der Waals surface area contributed by atoms with E-state index in [2.05, 4.69) is 31.3 Å². The van der Waals surface area contributed by atoms with E-state index in [9.17, 15) is 19.8 Å². The predicted molar refractivity (Wildman–Crippen MR) is 145 cm³/mol. The second-order valence-electron chi connectivity index (χ2n) is 12.7. The third-order valence-corrected chi connectivity index (χ3v) is 9.53. The molecule has 0 unspecified atom stereocenters. The van der Waals surface area contributed by atoms with E-state index in [4.69, 9.17) is 0 Å². The van der Waals surface area contributed by atoms with Crippen molar-refractivity contribution >= 4 is 11.8 Å². The number of carbonyl (C=O) groups excluding carboxylic acids is 2. The third kappa shape index (κ3) is 4.55. The van der Waals surface area contributed by atoms with E-state index < -0.39 is 6.10 Å². The van der Waals surface area contributed by atoms with Gasteiger partial charge in [0.25, 0.3) is 11.8 Å². The van der Waals surface area contributed by atoms with Gasteiger partial charge in [-0.2, -0.15) is 0 Å². The summed E-state index contributed by atoms with van der Waals surface area (Å²) in [5.41, 5.74) is 4.54. The Morgan fingerprint density at radius 2 is 1.82 bits per heavy atom. The number of fused-ring (bicyclic) bond motifs is 2. The highest BCUT2D eigenvalue weighted by molar-refractivity contribution is 6.00. The number of nitrogens with zero attached hydrogens (tertiary/aromatic N) is 2. The van der Waals surface area contributed by atoms with Gasteiger partial charge in [0.05, 0.1) is 12.2 Å². The van der Waals surface area contributed by atoms with Crippen LogP contribution in [0.1, 0.15) is 76.9 Å². The molecule has 0 aromatic heterocycles. The monoisotopic (exact) mass is 517 g/mol. The zero-order valence-electron chi connectivity index (χ0n) is 22.4. The van der Waals surface area contributed by atoms with Gasteiger partial charge in [-0.25, -0.2) is 0 Å². The first kappa shape index (κ1) is 25.5. The van der Waals surface area contributed by atoms with Gasteiger partial charge in [-0.05, 0) is 72.4 Å². The van der Waals surface area contributed by atoms with Crippen LogP contribution in [0.5, 0.6) is 0 Å². The highest BCUT2D eigenvalue weighted by atomic mass is 16.3. The molecule has 7 nitrogen and oxygen atoms in total. The highest BCUT2D eigenvalue weighted by Gasteiger charge is 2.46. The molecule has 7 heteroatoms. The molecule has 1 saturated heterocycles. The quantitative estimate of drug-likeness (QED) is 0.580. The first-order valence-corrected chi connectivity index (χ1v) is 14.0. The van der Waals surface area contributed by atoms with E-state index in [1.54, 1.807) is 17.0 Å². The van der Waals surface area contributed by atoms with Crippen molar-refractivity contribution in [3.63, 3.8) is 0 Å². The molecular formula is C31H39N3O4. The maximum atomic E-state index is 13.5. The van der Waals surface area contributed by atoms with Crippen LogP contribution >= 0.6 is 0 Å². The lowest BCUT2D eigenvalue weighted by atomic mass is 9.61. The smallest absolute Gasteiger partial charge is 0.254 e. The zero-order chi connectivity index (χ0) is 26.7. The summed E-state index contributed by atoms with van der Waals surface area (Å²) in [7, 11) is 0.